The highest BCUT2D eigenvalue weighted by atomic mass is 16.5. The van der Waals surface area contributed by atoms with Gasteiger partial charge in [0.05, 0.1) is 0 Å². The second kappa shape index (κ2) is 6.11. The van der Waals surface area contributed by atoms with Crippen LogP contribution in [0.2, 0.25) is 0 Å². The van der Waals surface area contributed by atoms with Gasteiger partial charge in [0, 0.05) is 5.57 Å². The first kappa shape index (κ1) is 12.5. The first-order valence-corrected chi connectivity index (χ1v) is 5.66. The van der Waals surface area contributed by atoms with Crippen molar-refractivity contribution in [3.05, 3.63) is 42.0 Å². The van der Waals surface area contributed by atoms with Gasteiger partial charge < -0.3 is 4.74 Å². The molecule has 1 aromatic carbocycles. The van der Waals surface area contributed by atoms with E-state index < -0.39 is 0 Å². The highest BCUT2D eigenvalue weighted by Gasteiger charge is 2.10. The molecule has 0 fully saturated rings. The molecule has 2 heteroatoms. The van der Waals surface area contributed by atoms with E-state index in [0.717, 1.165) is 18.4 Å². The Bertz CT molecular complexity index is 380. The molecule has 0 amide bonds. The number of carbonyl (C=O) groups is 1. The number of aryl methyl sites for hydroxylation is 1. The van der Waals surface area contributed by atoms with Crippen molar-refractivity contribution in [2.45, 2.75) is 33.1 Å². The molecule has 0 bridgehead atoms. The van der Waals surface area contributed by atoms with E-state index in [1.807, 2.05) is 38.1 Å². The SMILES string of the molecule is C=C(CCC)C(=O)Oc1ccccc1CC. The number of esters is 1. The van der Waals surface area contributed by atoms with Gasteiger partial charge in [-0.05, 0) is 24.5 Å². The van der Waals surface area contributed by atoms with Gasteiger partial charge in [0.1, 0.15) is 5.75 Å². The molecule has 0 radical (unpaired) electrons. The van der Waals surface area contributed by atoms with Crippen LogP contribution in [0.15, 0.2) is 36.4 Å². The number of carbonyl (C=O) groups excluding carboxylic acids is 1. The highest BCUT2D eigenvalue weighted by Crippen LogP contribution is 2.19. The molecule has 0 heterocycles. The van der Waals surface area contributed by atoms with Crippen molar-refractivity contribution in [1.29, 1.82) is 0 Å². The summed E-state index contributed by atoms with van der Waals surface area (Å²) >= 11 is 0. The van der Waals surface area contributed by atoms with Crippen LogP contribution >= 0.6 is 0 Å². The number of para-hydroxylation sites is 1. The fourth-order valence-corrected chi connectivity index (χ4v) is 1.47. The lowest BCUT2D eigenvalue weighted by Crippen LogP contribution is -2.11. The van der Waals surface area contributed by atoms with Crippen LogP contribution in [0.4, 0.5) is 0 Å². The average molecular weight is 218 g/mol. The summed E-state index contributed by atoms with van der Waals surface area (Å²) in [5.41, 5.74) is 1.58. The molecule has 0 atom stereocenters. The quantitative estimate of drug-likeness (QED) is 0.429. The number of benzene rings is 1. The van der Waals surface area contributed by atoms with Crippen molar-refractivity contribution >= 4 is 5.97 Å². The zero-order valence-corrected chi connectivity index (χ0v) is 9.95. The third kappa shape index (κ3) is 3.23. The molecule has 86 valence electrons. The fraction of sp³-hybridized carbons (Fsp3) is 0.357. The van der Waals surface area contributed by atoms with E-state index in [1.165, 1.54) is 0 Å². The summed E-state index contributed by atoms with van der Waals surface area (Å²) in [6, 6.07) is 7.59. The maximum atomic E-state index is 11.6. The summed E-state index contributed by atoms with van der Waals surface area (Å²) in [7, 11) is 0. The Kier molecular flexibility index (Phi) is 4.77. The molecule has 1 rings (SSSR count). The van der Waals surface area contributed by atoms with Gasteiger partial charge in [-0.1, -0.05) is 45.0 Å². The smallest absolute Gasteiger partial charge is 0.338 e. The molecule has 0 aliphatic heterocycles. The van der Waals surface area contributed by atoms with Crippen LogP contribution in [0.1, 0.15) is 32.3 Å². The second-order valence-electron chi connectivity index (χ2n) is 3.70. The van der Waals surface area contributed by atoms with E-state index in [9.17, 15) is 4.79 Å². The third-order valence-electron chi connectivity index (χ3n) is 2.40. The van der Waals surface area contributed by atoms with E-state index >= 15 is 0 Å². The predicted molar refractivity (Wildman–Crippen MR) is 65.5 cm³/mol. The minimum absolute atomic E-state index is 0.317. The van der Waals surface area contributed by atoms with Crippen LogP contribution in [0.5, 0.6) is 5.75 Å². The van der Waals surface area contributed by atoms with E-state index in [0.29, 0.717) is 17.7 Å². The van der Waals surface area contributed by atoms with Gasteiger partial charge in [-0.15, -0.1) is 0 Å². The first-order valence-electron chi connectivity index (χ1n) is 5.66. The van der Waals surface area contributed by atoms with E-state index in [2.05, 4.69) is 6.58 Å². The molecule has 0 unspecified atom stereocenters. The lowest BCUT2D eigenvalue weighted by Gasteiger charge is -2.09. The van der Waals surface area contributed by atoms with Crippen LogP contribution in [0.3, 0.4) is 0 Å². The number of ether oxygens (including phenoxy) is 1. The standard InChI is InChI=1S/C14H18O2/c1-4-8-11(3)14(15)16-13-10-7-6-9-12(13)5-2/h6-7,9-10H,3-5,8H2,1-2H3. The Morgan fingerprint density at radius 1 is 1.31 bits per heavy atom. The molecule has 1 aromatic rings. The topological polar surface area (TPSA) is 26.3 Å². The first-order chi connectivity index (χ1) is 7.69. The Morgan fingerprint density at radius 3 is 2.62 bits per heavy atom. The fourth-order valence-electron chi connectivity index (χ4n) is 1.47. The minimum Gasteiger partial charge on any atom is -0.423 e. The van der Waals surface area contributed by atoms with E-state index in [-0.39, 0.29) is 5.97 Å². The van der Waals surface area contributed by atoms with Crippen molar-refractivity contribution in [3.63, 3.8) is 0 Å². The van der Waals surface area contributed by atoms with Gasteiger partial charge in [-0.25, -0.2) is 4.79 Å². The number of hydrogen-bond acceptors (Lipinski definition) is 2. The van der Waals surface area contributed by atoms with Crippen LogP contribution in [0.25, 0.3) is 0 Å². The van der Waals surface area contributed by atoms with E-state index in [4.69, 9.17) is 4.74 Å². The Balaban J connectivity index is 2.73. The summed E-state index contributed by atoms with van der Waals surface area (Å²) in [6.07, 6.45) is 2.44. The minimum atomic E-state index is -0.317. The largest absolute Gasteiger partial charge is 0.423 e. The van der Waals surface area contributed by atoms with Crippen LogP contribution in [-0.4, -0.2) is 5.97 Å². The lowest BCUT2D eigenvalue weighted by atomic mass is 10.1. The summed E-state index contributed by atoms with van der Waals surface area (Å²) in [5, 5.41) is 0. The van der Waals surface area contributed by atoms with Gasteiger partial charge in [0.2, 0.25) is 0 Å². The van der Waals surface area contributed by atoms with E-state index in [1.54, 1.807) is 0 Å². The third-order valence-corrected chi connectivity index (χ3v) is 2.40. The summed E-state index contributed by atoms with van der Waals surface area (Å²) < 4.78 is 5.31. The normalized spacial score (nSPS) is 9.88. The zero-order valence-electron chi connectivity index (χ0n) is 9.95. The summed E-state index contributed by atoms with van der Waals surface area (Å²) in [6.45, 7) is 7.77. The molecular formula is C14H18O2. The molecule has 0 spiro atoms. The highest BCUT2D eigenvalue weighted by molar-refractivity contribution is 5.89. The molecule has 0 aromatic heterocycles. The Morgan fingerprint density at radius 2 is 2.00 bits per heavy atom. The van der Waals surface area contributed by atoms with Gasteiger partial charge in [-0.2, -0.15) is 0 Å². The molecule has 0 N–H and O–H groups in total. The molecule has 0 aliphatic rings. The molecule has 0 saturated heterocycles. The van der Waals surface area contributed by atoms with Crippen LogP contribution in [-0.2, 0) is 11.2 Å². The Labute approximate surface area is 96.9 Å². The predicted octanol–water partition coefficient (Wildman–Crippen LogP) is 3.51. The zero-order chi connectivity index (χ0) is 12.0. The van der Waals surface area contributed by atoms with Gasteiger partial charge in [0.15, 0.2) is 0 Å². The van der Waals surface area contributed by atoms with Crippen molar-refractivity contribution in [1.82, 2.24) is 0 Å². The van der Waals surface area contributed by atoms with Gasteiger partial charge in [0.25, 0.3) is 0 Å². The summed E-state index contributed by atoms with van der Waals surface area (Å²) in [4.78, 5) is 11.6. The molecule has 16 heavy (non-hydrogen) atoms. The van der Waals surface area contributed by atoms with Crippen molar-refractivity contribution < 1.29 is 9.53 Å². The maximum Gasteiger partial charge on any atom is 0.338 e. The summed E-state index contributed by atoms with van der Waals surface area (Å²) in [5.74, 6) is 0.329. The Hall–Kier alpha value is -1.57. The monoisotopic (exact) mass is 218 g/mol. The van der Waals surface area contributed by atoms with Gasteiger partial charge in [-0.3, -0.25) is 0 Å². The average Bonchev–Trinajstić information content (AvgIpc) is 2.30. The molecule has 2 nitrogen and oxygen atoms in total. The van der Waals surface area contributed by atoms with Crippen molar-refractivity contribution in [2.75, 3.05) is 0 Å². The van der Waals surface area contributed by atoms with Crippen LogP contribution < -0.4 is 4.74 Å². The van der Waals surface area contributed by atoms with Gasteiger partial charge >= 0.3 is 5.97 Å². The number of rotatable bonds is 5. The molecule has 0 saturated carbocycles. The molecular weight excluding hydrogens is 200 g/mol. The molecule has 0 aliphatic carbocycles. The number of hydrogen-bond donors (Lipinski definition) is 0. The van der Waals surface area contributed by atoms with Crippen molar-refractivity contribution in [3.8, 4) is 5.75 Å². The maximum absolute atomic E-state index is 11.6. The van der Waals surface area contributed by atoms with Crippen LogP contribution in [0, 0.1) is 0 Å². The van der Waals surface area contributed by atoms with Crippen molar-refractivity contribution in [2.24, 2.45) is 0 Å². The lowest BCUT2D eigenvalue weighted by molar-refractivity contribution is -0.130. The second-order valence-corrected chi connectivity index (χ2v) is 3.70.